The van der Waals surface area contributed by atoms with Crippen molar-refractivity contribution in [2.24, 2.45) is 0 Å². The molecule has 0 atom stereocenters. The van der Waals surface area contributed by atoms with E-state index in [9.17, 15) is 9.59 Å². The van der Waals surface area contributed by atoms with Crippen LogP contribution in [-0.2, 0) is 0 Å². The first-order valence-electron chi connectivity index (χ1n) is 8.49. The van der Waals surface area contributed by atoms with Gasteiger partial charge in [0, 0.05) is 11.5 Å². The number of ether oxygens (including phenoxy) is 2. The monoisotopic (exact) mass is 393 g/mol. The Labute approximate surface area is 163 Å². The Bertz CT molecular complexity index is 1260. The van der Waals surface area contributed by atoms with Gasteiger partial charge in [-0.05, 0) is 24.3 Å². The van der Waals surface area contributed by atoms with Gasteiger partial charge in [-0.15, -0.1) is 5.10 Å². The van der Waals surface area contributed by atoms with Crippen molar-refractivity contribution in [1.29, 1.82) is 0 Å². The number of amides is 1. The van der Waals surface area contributed by atoms with Gasteiger partial charge in [0.25, 0.3) is 11.8 Å². The number of nitrogens with one attached hydrogen (secondary N) is 1. The van der Waals surface area contributed by atoms with Crippen molar-refractivity contribution >= 4 is 22.9 Å². The van der Waals surface area contributed by atoms with Gasteiger partial charge in [-0.1, -0.05) is 23.3 Å². The Hall–Kier alpha value is -4.14. The van der Waals surface area contributed by atoms with Gasteiger partial charge in [0.2, 0.25) is 0 Å². The third-order valence-electron chi connectivity index (χ3n) is 4.17. The lowest BCUT2D eigenvalue weighted by atomic mass is 10.2. The van der Waals surface area contributed by atoms with Gasteiger partial charge >= 0.3 is 11.6 Å². The lowest BCUT2D eigenvalue weighted by molar-refractivity contribution is 0.102. The molecule has 1 amide bonds. The van der Waals surface area contributed by atoms with Crippen molar-refractivity contribution in [3.8, 4) is 23.0 Å². The molecule has 0 fully saturated rings. The Morgan fingerprint density at radius 3 is 2.62 bits per heavy atom. The number of nitrogens with zero attached hydrogens (tertiary/aromatic N) is 2. The van der Waals surface area contributed by atoms with Crippen molar-refractivity contribution in [3.05, 3.63) is 64.5 Å². The van der Waals surface area contributed by atoms with E-state index in [1.807, 2.05) is 0 Å². The number of methoxy groups -OCH3 is 2. The van der Waals surface area contributed by atoms with Gasteiger partial charge in [0.1, 0.15) is 22.6 Å². The topological polar surface area (TPSA) is 117 Å². The van der Waals surface area contributed by atoms with Crippen LogP contribution in [0.4, 0.5) is 6.01 Å². The first kappa shape index (κ1) is 18.2. The highest BCUT2D eigenvalue weighted by atomic mass is 16.5. The van der Waals surface area contributed by atoms with Crippen molar-refractivity contribution in [2.45, 2.75) is 0 Å². The highest BCUT2D eigenvalue weighted by molar-refractivity contribution is 6.04. The second-order valence-corrected chi connectivity index (χ2v) is 5.92. The summed E-state index contributed by atoms with van der Waals surface area (Å²) in [5.74, 6) is 0.467. The van der Waals surface area contributed by atoms with E-state index in [2.05, 4.69) is 15.5 Å². The number of para-hydroxylation sites is 1. The number of benzene rings is 2. The maximum Gasteiger partial charge on any atom is 0.349 e. The van der Waals surface area contributed by atoms with E-state index in [1.165, 1.54) is 20.3 Å². The van der Waals surface area contributed by atoms with Crippen LogP contribution in [-0.4, -0.2) is 30.3 Å². The van der Waals surface area contributed by atoms with Gasteiger partial charge in [-0.3, -0.25) is 10.1 Å². The number of carbonyl (C=O) groups is 1. The molecular weight excluding hydrogens is 378 g/mol. The van der Waals surface area contributed by atoms with Crippen molar-refractivity contribution < 1.29 is 23.1 Å². The molecule has 2 aromatic carbocycles. The molecule has 0 radical (unpaired) electrons. The van der Waals surface area contributed by atoms with E-state index in [0.29, 0.717) is 28.0 Å². The minimum atomic E-state index is -0.766. The van der Waals surface area contributed by atoms with Crippen LogP contribution < -0.4 is 20.4 Å². The molecule has 0 bridgehead atoms. The van der Waals surface area contributed by atoms with Gasteiger partial charge in [-0.2, -0.15) is 0 Å². The largest absolute Gasteiger partial charge is 0.497 e. The summed E-state index contributed by atoms with van der Waals surface area (Å²) in [6.07, 6.45) is 0. The summed E-state index contributed by atoms with van der Waals surface area (Å²) >= 11 is 0. The minimum Gasteiger partial charge on any atom is -0.497 e. The summed E-state index contributed by atoms with van der Waals surface area (Å²) in [6, 6.07) is 13.2. The number of anilines is 1. The fourth-order valence-electron chi connectivity index (χ4n) is 2.74. The average molecular weight is 393 g/mol. The molecule has 2 aromatic heterocycles. The minimum absolute atomic E-state index is 0.130. The van der Waals surface area contributed by atoms with Gasteiger partial charge in [0.15, 0.2) is 0 Å². The highest BCUT2D eigenvalue weighted by Gasteiger charge is 2.19. The maximum atomic E-state index is 12.5. The van der Waals surface area contributed by atoms with E-state index < -0.39 is 11.5 Å². The van der Waals surface area contributed by atoms with Crippen molar-refractivity contribution in [3.63, 3.8) is 0 Å². The lowest BCUT2D eigenvalue weighted by Crippen LogP contribution is -2.20. The zero-order valence-electron chi connectivity index (χ0n) is 15.5. The fourth-order valence-corrected chi connectivity index (χ4v) is 2.74. The van der Waals surface area contributed by atoms with Crippen molar-refractivity contribution in [1.82, 2.24) is 10.2 Å². The summed E-state index contributed by atoms with van der Waals surface area (Å²) in [6.45, 7) is 0. The van der Waals surface area contributed by atoms with Crippen LogP contribution in [0.2, 0.25) is 0 Å². The van der Waals surface area contributed by atoms with E-state index in [-0.39, 0.29) is 17.5 Å². The van der Waals surface area contributed by atoms with Crippen LogP contribution in [0.3, 0.4) is 0 Å². The maximum absolute atomic E-state index is 12.5. The van der Waals surface area contributed by atoms with E-state index >= 15 is 0 Å². The molecule has 0 saturated carbocycles. The summed E-state index contributed by atoms with van der Waals surface area (Å²) in [5.41, 5.74) is -0.0320. The molecule has 1 N–H and O–H groups in total. The number of aromatic nitrogens is 2. The fraction of sp³-hybridized carbons (Fsp3) is 0.100. The smallest absolute Gasteiger partial charge is 0.349 e. The molecule has 4 aromatic rings. The number of hydrogen-bond acceptors (Lipinski definition) is 8. The second kappa shape index (κ2) is 7.47. The van der Waals surface area contributed by atoms with Crippen LogP contribution in [0.25, 0.3) is 22.4 Å². The molecule has 9 heteroatoms. The molecule has 146 valence electrons. The quantitative estimate of drug-likeness (QED) is 0.514. The molecular formula is C20H15N3O6. The number of rotatable bonds is 5. The predicted octanol–water partition coefficient (Wildman–Crippen LogP) is 3.11. The molecule has 0 aliphatic heterocycles. The summed E-state index contributed by atoms with van der Waals surface area (Å²) in [4.78, 5) is 24.6. The molecule has 0 aliphatic carbocycles. The summed E-state index contributed by atoms with van der Waals surface area (Å²) < 4.78 is 21.1. The van der Waals surface area contributed by atoms with Crippen LogP contribution in [0.1, 0.15) is 10.4 Å². The zero-order chi connectivity index (χ0) is 20.4. The predicted molar refractivity (Wildman–Crippen MR) is 103 cm³/mol. The zero-order valence-corrected chi connectivity index (χ0v) is 15.5. The summed E-state index contributed by atoms with van der Waals surface area (Å²) in [5, 5.41) is 10.7. The first-order valence-corrected chi connectivity index (χ1v) is 8.49. The summed E-state index contributed by atoms with van der Waals surface area (Å²) in [7, 11) is 3.04. The number of fused-ring (bicyclic) bond motifs is 1. The second-order valence-electron chi connectivity index (χ2n) is 5.92. The molecule has 29 heavy (non-hydrogen) atoms. The first-order chi connectivity index (χ1) is 14.1. The normalized spacial score (nSPS) is 10.7. The van der Waals surface area contributed by atoms with Crippen LogP contribution in [0.15, 0.2) is 62.2 Å². The van der Waals surface area contributed by atoms with Gasteiger partial charge in [-0.25, -0.2) is 4.79 Å². The third kappa shape index (κ3) is 3.53. The van der Waals surface area contributed by atoms with Crippen LogP contribution in [0.5, 0.6) is 11.5 Å². The Morgan fingerprint density at radius 1 is 1.00 bits per heavy atom. The SMILES string of the molecule is COc1ccc(-c2nnc(NC(=O)c3cc4ccccc4oc3=O)o2)c(OC)c1. The van der Waals surface area contributed by atoms with E-state index in [1.54, 1.807) is 42.5 Å². The number of carbonyl (C=O) groups excluding carboxylic acids is 1. The van der Waals surface area contributed by atoms with Crippen LogP contribution in [0, 0.1) is 0 Å². The van der Waals surface area contributed by atoms with Crippen LogP contribution >= 0.6 is 0 Å². The molecule has 0 saturated heterocycles. The van der Waals surface area contributed by atoms with Gasteiger partial charge in [0.05, 0.1) is 19.8 Å². The molecule has 0 spiro atoms. The molecule has 9 nitrogen and oxygen atoms in total. The Kier molecular flexibility index (Phi) is 4.70. The Morgan fingerprint density at radius 2 is 1.83 bits per heavy atom. The van der Waals surface area contributed by atoms with Gasteiger partial charge < -0.3 is 18.3 Å². The Balaban J connectivity index is 1.61. The van der Waals surface area contributed by atoms with Crippen molar-refractivity contribution in [2.75, 3.05) is 19.5 Å². The lowest BCUT2D eigenvalue weighted by Gasteiger charge is -2.07. The number of hydrogen-bond donors (Lipinski definition) is 1. The molecule has 0 unspecified atom stereocenters. The third-order valence-corrected chi connectivity index (χ3v) is 4.17. The van der Waals surface area contributed by atoms with E-state index in [0.717, 1.165) is 0 Å². The molecule has 2 heterocycles. The average Bonchev–Trinajstić information content (AvgIpc) is 3.20. The molecule has 0 aliphatic rings. The van der Waals surface area contributed by atoms with E-state index in [4.69, 9.17) is 18.3 Å². The molecule has 4 rings (SSSR count). The standard InChI is InChI=1S/C20H15N3O6/c1-26-12-7-8-13(16(10-12)27-2)18-22-23-20(29-18)21-17(24)14-9-11-5-3-4-6-15(11)28-19(14)25/h3-10H,1-2H3,(H,21,23,24). The highest BCUT2D eigenvalue weighted by Crippen LogP contribution is 2.33.